The fourth-order valence-electron chi connectivity index (χ4n) is 2.46. The zero-order valence-electron chi connectivity index (χ0n) is 11.1. The molecule has 1 aromatic heterocycles. The lowest BCUT2D eigenvalue weighted by Crippen LogP contribution is -2.32. The van der Waals surface area contributed by atoms with Gasteiger partial charge < -0.3 is 5.73 Å². The van der Waals surface area contributed by atoms with Crippen LogP contribution in [0.25, 0.3) is 0 Å². The average Bonchev–Trinajstić information content (AvgIpc) is 2.85. The molecule has 1 aliphatic heterocycles. The van der Waals surface area contributed by atoms with Crippen molar-refractivity contribution in [3.05, 3.63) is 21.9 Å². The first-order chi connectivity index (χ1) is 8.81. The standard InChI is InChI=1S/C15H22N2S/c1-2-13-5-8-17(9-6-13)11-15-10-14(12-18-15)4-3-7-16/h10,12-13H,2,5-9,11,16H2,1H3. The molecule has 1 saturated heterocycles. The van der Waals surface area contributed by atoms with E-state index in [2.05, 4.69) is 35.1 Å². The van der Waals surface area contributed by atoms with Crippen molar-refractivity contribution < 1.29 is 0 Å². The zero-order valence-corrected chi connectivity index (χ0v) is 11.9. The quantitative estimate of drug-likeness (QED) is 0.849. The minimum absolute atomic E-state index is 0.440. The molecule has 0 amide bonds. The van der Waals surface area contributed by atoms with Gasteiger partial charge in [0.2, 0.25) is 0 Å². The number of likely N-dealkylation sites (tertiary alicyclic amines) is 1. The van der Waals surface area contributed by atoms with Crippen LogP contribution in [0.15, 0.2) is 11.4 Å². The molecule has 0 atom stereocenters. The van der Waals surface area contributed by atoms with E-state index in [0.717, 1.165) is 18.0 Å². The maximum atomic E-state index is 5.38. The highest BCUT2D eigenvalue weighted by atomic mass is 32.1. The van der Waals surface area contributed by atoms with E-state index in [1.165, 1.54) is 37.2 Å². The summed E-state index contributed by atoms with van der Waals surface area (Å²) in [5.41, 5.74) is 6.50. The van der Waals surface area contributed by atoms with Gasteiger partial charge in [-0.2, -0.15) is 0 Å². The maximum absolute atomic E-state index is 5.38. The smallest absolute Gasteiger partial charge is 0.0555 e. The Kier molecular flexibility index (Phi) is 5.25. The highest BCUT2D eigenvalue weighted by molar-refractivity contribution is 7.10. The minimum Gasteiger partial charge on any atom is -0.320 e. The summed E-state index contributed by atoms with van der Waals surface area (Å²) in [7, 11) is 0. The van der Waals surface area contributed by atoms with Crippen LogP contribution in [0.1, 0.15) is 36.6 Å². The second-order valence-electron chi connectivity index (χ2n) is 4.94. The van der Waals surface area contributed by atoms with Gasteiger partial charge in [-0.3, -0.25) is 4.90 Å². The maximum Gasteiger partial charge on any atom is 0.0555 e. The van der Waals surface area contributed by atoms with Gasteiger partial charge in [0.05, 0.1) is 6.54 Å². The van der Waals surface area contributed by atoms with Crippen LogP contribution in [0, 0.1) is 17.8 Å². The number of piperidine rings is 1. The summed E-state index contributed by atoms with van der Waals surface area (Å²) in [6, 6.07) is 2.21. The normalized spacial score (nSPS) is 17.4. The molecule has 0 aliphatic carbocycles. The Hall–Kier alpha value is -0.820. The number of hydrogen-bond donors (Lipinski definition) is 1. The van der Waals surface area contributed by atoms with Crippen molar-refractivity contribution in [1.29, 1.82) is 0 Å². The van der Waals surface area contributed by atoms with Crippen LogP contribution < -0.4 is 5.73 Å². The van der Waals surface area contributed by atoms with Gasteiger partial charge in [0, 0.05) is 22.4 Å². The van der Waals surface area contributed by atoms with Gasteiger partial charge in [-0.15, -0.1) is 11.3 Å². The summed E-state index contributed by atoms with van der Waals surface area (Å²) in [6.45, 7) is 6.34. The lowest BCUT2D eigenvalue weighted by atomic mass is 9.94. The van der Waals surface area contributed by atoms with Crippen molar-refractivity contribution in [2.24, 2.45) is 11.7 Å². The van der Waals surface area contributed by atoms with Crippen LogP contribution >= 0.6 is 11.3 Å². The molecular weight excluding hydrogens is 240 g/mol. The SMILES string of the molecule is CCC1CCN(Cc2cc(C#CCN)cs2)CC1. The van der Waals surface area contributed by atoms with Gasteiger partial charge in [0.15, 0.2) is 0 Å². The molecule has 3 heteroatoms. The molecule has 0 bridgehead atoms. The van der Waals surface area contributed by atoms with E-state index in [-0.39, 0.29) is 0 Å². The van der Waals surface area contributed by atoms with Gasteiger partial charge in [-0.05, 0) is 37.9 Å². The number of thiophene rings is 1. The summed E-state index contributed by atoms with van der Waals surface area (Å²) in [5.74, 6) is 6.96. The van der Waals surface area contributed by atoms with Gasteiger partial charge in [0.1, 0.15) is 0 Å². The molecule has 0 unspecified atom stereocenters. The highest BCUT2D eigenvalue weighted by Crippen LogP contribution is 2.23. The minimum atomic E-state index is 0.440. The number of rotatable bonds is 3. The van der Waals surface area contributed by atoms with Gasteiger partial charge >= 0.3 is 0 Å². The first kappa shape index (κ1) is 13.6. The molecular formula is C15H22N2S. The molecule has 2 rings (SSSR count). The third kappa shape index (κ3) is 3.84. The lowest BCUT2D eigenvalue weighted by Gasteiger charge is -2.31. The van der Waals surface area contributed by atoms with E-state index < -0.39 is 0 Å². The van der Waals surface area contributed by atoms with Gasteiger partial charge in [0.25, 0.3) is 0 Å². The topological polar surface area (TPSA) is 29.3 Å². The van der Waals surface area contributed by atoms with Crippen LogP contribution in [0.3, 0.4) is 0 Å². The fraction of sp³-hybridized carbons (Fsp3) is 0.600. The molecule has 0 aromatic carbocycles. The van der Waals surface area contributed by atoms with Crippen LogP contribution in [-0.2, 0) is 6.54 Å². The van der Waals surface area contributed by atoms with Gasteiger partial charge in [-0.25, -0.2) is 0 Å². The molecule has 98 valence electrons. The van der Waals surface area contributed by atoms with E-state index in [0.29, 0.717) is 6.54 Å². The molecule has 0 radical (unpaired) electrons. The molecule has 1 fully saturated rings. The van der Waals surface area contributed by atoms with E-state index in [1.54, 1.807) is 0 Å². The van der Waals surface area contributed by atoms with Crippen molar-refractivity contribution >= 4 is 11.3 Å². The van der Waals surface area contributed by atoms with Crippen molar-refractivity contribution in [1.82, 2.24) is 4.90 Å². The monoisotopic (exact) mass is 262 g/mol. The Labute approximate surface area is 114 Å². The molecule has 18 heavy (non-hydrogen) atoms. The third-order valence-corrected chi connectivity index (χ3v) is 4.57. The molecule has 2 N–H and O–H groups in total. The second kappa shape index (κ2) is 6.94. The molecule has 0 saturated carbocycles. The summed E-state index contributed by atoms with van der Waals surface area (Å²) in [6.07, 6.45) is 4.06. The van der Waals surface area contributed by atoms with Crippen molar-refractivity contribution in [3.8, 4) is 11.8 Å². The summed E-state index contributed by atoms with van der Waals surface area (Å²) < 4.78 is 0. The predicted octanol–water partition coefficient (Wildman–Crippen LogP) is 2.68. The Balaban J connectivity index is 1.85. The van der Waals surface area contributed by atoms with Crippen molar-refractivity contribution in [2.75, 3.05) is 19.6 Å². The summed E-state index contributed by atoms with van der Waals surface area (Å²) >= 11 is 1.82. The second-order valence-corrected chi connectivity index (χ2v) is 5.93. The summed E-state index contributed by atoms with van der Waals surface area (Å²) in [5, 5.41) is 2.14. The Morgan fingerprint density at radius 2 is 2.22 bits per heavy atom. The molecule has 1 aromatic rings. The largest absolute Gasteiger partial charge is 0.320 e. The van der Waals surface area contributed by atoms with E-state index in [4.69, 9.17) is 5.73 Å². The zero-order chi connectivity index (χ0) is 12.8. The average molecular weight is 262 g/mol. The van der Waals surface area contributed by atoms with E-state index >= 15 is 0 Å². The number of nitrogens with zero attached hydrogens (tertiary/aromatic N) is 1. The molecule has 0 spiro atoms. The lowest BCUT2D eigenvalue weighted by molar-refractivity contribution is 0.176. The van der Waals surface area contributed by atoms with E-state index in [9.17, 15) is 0 Å². The van der Waals surface area contributed by atoms with Crippen LogP contribution in [0.5, 0.6) is 0 Å². The van der Waals surface area contributed by atoms with Crippen molar-refractivity contribution in [2.45, 2.75) is 32.7 Å². The molecule has 2 nitrogen and oxygen atoms in total. The highest BCUT2D eigenvalue weighted by Gasteiger charge is 2.17. The molecule has 1 aliphatic rings. The fourth-order valence-corrected chi connectivity index (χ4v) is 3.31. The Morgan fingerprint density at radius 3 is 2.89 bits per heavy atom. The Bertz CT molecular complexity index is 419. The summed E-state index contributed by atoms with van der Waals surface area (Å²) in [4.78, 5) is 3.99. The van der Waals surface area contributed by atoms with Crippen LogP contribution in [-0.4, -0.2) is 24.5 Å². The van der Waals surface area contributed by atoms with Gasteiger partial charge in [-0.1, -0.05) is 25.2 Å². The first-order valence-corrected chi connectivity index (χ1v) is 7.68. The van der Waals surface area contributed by atoms with Crippen LogP contribution in [0.4, 0.5) is 0 Å². The van der Waals surface area contributed by atoms with Crippen molar-refractivity contribution in [3.63, 3.8) is 0 Å². The number of nitrogens with two attached hydrogens (primary N) is 1. The first-order valence-electron chi connectivity index (χ1n) is 6.80. The molecule has 2 heterocycles. The van der Waals surface area contributed by atoms with E-state index in [1.807, 2.05) is 11.3 Å². The third-order valence-electron chi connectivity index (χ3n) is 3.65. The van der Waals surface area contributed by atoms with Crippen LogP contribution in [0.2, 0.25) is 0 Å². The predicted molar refractivity (Wildman–Crippen MR) is 78.5 cm³/mol. The Morgan fingerprint density at radius 1 is 1.44 bits per heavy atom. The number of hydrogen-bond acceptors (Lipinski definition) is 3.